The first kappa shape index (κ1) is 15.4. The molecule has 1 N–H and O–H groups in total. The van der Waals surface area contributed by atoms with Crippen LogP contribution in [-0.2, 0) is 14.3 Å². The van der Waals surface area contributed by atoms with E-state index in [0.717, 1.165) is 0 Å². The number of carbonyl (C=O) groups excluding carboxylic acids is 1. The maximum atomic E-state index is 11.2. The second-order valence-corrected chi connectivity index (χ2v) is 6.17. The van der Waals surface area contributed by atoms with Crippen molar-refractivity contribution in [3.63, 3.8) is 0 Å². The van der Waals surface area contributed by atoms with Crippen LogP contribution in [0.3, 0.4) is 0 Å². The summed E-state index contributed by atoms with van der Waals surface area (Å²) in [7, 11) is 5.70. The van der Waals surface area contributed by atoms with Crippen LogP contribution in [0.1, 0.15) is 19.8 Å². The van der Waals surface area contributed by atoms with Crippen molar-refractivity contribution in [3.8, 4) is 0 Å². The van der Waals surface area contributed by atoms with Crippen molar-refractivity contribution < 1.29 is 23.9 Å². The number of quaternary nitrogens is 1. The van der Waals surface area contributed by atoms with Gasteiger partial charge in [0.2, 0.25) is 4.51 Å². The third kappa shape index (κ3) is 6.79. The lowest BCUT2D eigenvalue weighted by atomic mass is 10.2. The first-order chi connectivity index (χ1) is 7.08. The monoisotopic (exact) mass is 296 g/mol. The Morgan fingerprint density at radius 3 is 2.19 bits per heavy atom. The molecule has 0 fully saturated rings. The van der Waals surface area contributed by atoms with Crippen LogP contribution in [0.4, 0.5) is 0 Å². The normalized spacial score (nSPS) is 15.3. The molecule has 0 amide bonds. The number of ether oxygens (including phenoxy) is 1. The number of carboxylic acids is 1. The number of hydrogen-bond donors (Lipinski definition) is 1. The summed E-state index contributed by atoms with van der Waals surface area (Å²) in [6, 6.07) is 0. The standard InChI is InChI=1S/C10H18BrNO4/c1-5-9(15)16-10(11,6-8(13)14)7-12(2,3)4/h5-7H2,1-4H3/p+1. The molecule has 0 aromatic carbocycles. The van der Waals surface area contributed by atoms with E-state index in [1.54, 1.807) is 6.92 Å². The number of alkyl halides is 1. The van der Waals surface area contributed by atoms with Crippen LogP contribution in [-0.4, -0.2) is 53.7 Å². The molecule has 5 nitrogen and oxygen atoms in total. The Bertz CT molecular complexity index is 274. The summed E-state index contributed by atoms with van der Waals surface area (Å²) in [4.78, 5) is 22.0. The van der Waals surface area contributed by atoms with E-state index >= 15 is 0 Å². The molecule has 0 aromatic heterocycles. The molecular formula is C10H19BrNO4+. The van der Waals surface area contributed by atoms with Gasteiger partial charge in [-0.1, -0.05) is 6.92 Å². The van der Waals surface area contributed by atoms with E-state index in [1.807, 2.05) is 21.1 Å². The van der Waals surface area contributed by atoms with Crippen LogP contribution in [0.2, 0.25) is 0 Å². The lowest BCUT2D eigenvalue weighted by molar-refractivity contribution is -0.874. The highest BCUT2D eigenvalue weighted by Crippen LogP contribution is 2.27. The number of carbonyl (C=O) groups is 2. The maximum absolute atomic E-state index is 11.2. The molecule has 0 saturated carbocycles. The molecule has 0 spiro atoms. The fraction of sp³-hybridized carbons (Fsp3) is 0.800. The van der Waals surface area contributed by atoms with Crippen molar-refractivity contribution in [3.05, 3.63) is 0 Å². The Kier molecular flexibility index (Phi) is 5.41. The summed E-state index contributed by atoms with van der Waals surface area (Å²) in [5.41, 5.74) is 0. The first-order valence-corrected chi connectivity index (χ1v) is 5.80. The summed E-state index contributed by atoms with van der Waals surface area (Å²) in [5, 5.41) is 8.80. The van der Waals surface area contributed by atoms with Crippen molar-refractivity contribution in [1.82, 2.24) is 0 Å². The summed E-state index contributed by atoms with van der Waals surface area (Å²) >= 11 is 3.22. The van der Waals surface area contributed by atoms with E-state index in [-0.39, 0.29) is 12.8 Å². The van der Waals surface area contributed by atoms with Crippen molar-refractivity contribution in [1.29, 1.82) is 0 Å². The topological polar surface area (TPSA) is 63.6 Å². The number of carboxylic acid groups (broad SMARTS) is 1. The Morgan fingerprint density at radius 1 is 1.38 bits per heavy atom. The van der Waals surface area contributed by atoms with Gasteiger partial charge in [-0.05, 0) is 15.9 Å². The Hall–Kier alpha value is -0.620. The van der Waals surface area contributed by atoms with E-state index in [0.29, 0.717) is 11.0 Å². The summed E-state index contributed by atoms with van der Waals surface area (Å²) in [5.74, 6) is -1.42. The van der Waals surface area contributed by atoms with Crippen LogP contribution in [0.15, 0.2) is 0 Å². The zero-order valence-corrected chi connectivity index (χ0v) is 11.7. The quantitative estimate of drug-likeness (QED) is 0.455. The minimum absolute atomic E-state index is 0.226. The highest BCUT2D eigenvalue weighted by Gasteiger charge is 2.39. The fourth-order valence-corrected chi connectivity index (χ4v) is 2.51. The predicted molar refractivity (Wildman–Crippen MR) is 63.2 cm³/mol. The molecule has 0 saturated heterocycles. The molecule has 0 bridgehead atoms. The molecule has 0 rings (SSSR count). The molecule has 0 aliphatic rings. The molecule has 0 aliphatic carbocycles. The molecule has 0 heterocycles. The van der Waals surface area contributed by atoms with Crippen LogP contribution in [0, 0.1) is 0 Å². The number of hydrogen-bond acceptors (Lipinski definition) is 3. The van der Waals surface area contributed by atoms with E-state index in [4.69, 9.17) is 9.84 Å². The Balaban J connectivity index is 4.74. The SMILES string of the molecule is CCC(=O)OC(Br)(CC(=O)O)C[N+](C)(C)C. The van der Waals surface area contributed by atoms with Gasteiger partial charge in [0.1, 0.15) is 13.0 Å². The van der Waals surface area contributed by atoms with Gasteiger partial charge < -0.3 is 14.3 Å². The molecule has 0 aromatic rings. The number of aliphatic carboxylic acids is 1. The number of nitrogens with zero attached hydrogens (tertiary/aromatic N) is 1. The van der Waals surface area contributed by atoms with Crippen LogP contribution in [0.5, 0.6) is 0 Å². The van der Waals surface area contributed by atoms with Gasteiger partial charge in [-0.25, -0.2) is 0 Å². The van der Waals surface area contributed by atoms with Gasteiger partial charge in [-0.2, -0.15) is 0 Å². The van der Waals surface area contributed by atoms with Gasteiger partial charge in [-0.3, -0.25) is 9.59 Å². The third-order valence-electron chi connectivity index (χ3n) is 1.71. The Morgan fingerprint density at radius 2 is 1.88 bits per heavy atom. The molecular weight excluding hydrogens is 278 g/mol. The summed E-state index contributed by atoms with van der Waals surface area (Å²) in [6.45, 7) is 2.05. The van der Waals surface area contributed by atoms with Gasteiger partial charge >= 0.3 is 11.9 Å². The van der Waals surface area contributed by atoms with Gasteiger partial charge in [0.05, 0.1) is 21.1 Å². The summed E-state index contributed by atoms with van der Waals surface area (Å²) in [6.07, 6.45) is -0.0294. The van der Waals surface area contributed by atoms with Crippen LogP contribution < -0.4 is 0 Å². The maximum Gasteiger partial charge on any atom is 0.308 e. The molecule has 6 heteroatoms. The number of rotatable bonds is 6. The molecule has 0 aliphatic heterocycles. The summed E-state index contributed by atoms with van der Waals surface area (Å²) < 4.78 is 4.52. The highest BCUT2D eigenvalue weighted by atomic mass is 79.9. The number of esters is 1. The van der Waals surface area contributed by atoms with E-state index in [2.05, 4.69) is 15.9 Å². The van der Waals surface area contributed by atoms with Gasteiger partial charge in [-0.15, -0.1) is 0 Å². The molecule has 1 unspecified atom stereocenters. The minimum Gasteiger partial charge on any atom is -0.481 e. The molecule has 16 heavy (non-hydrogen) atoms. The molecule has 1 atom stereocenters. The van der Waals surface area contributed by atoms with E-state index in [9.17, 15) is 9.59 Å². The second-order valence-electron chi connectivity index (χ2n) is 4.73. The van der Waals surface area contributed by atoms with Crippen LogP contribution >= 0.6 is 15.9 Å². The van der Waals surface area contributed by atoms with Crippen molar-refractivity contribution in [2.45, 2.75) is 24.3 Å². The lowest BCUT2D eigenvalue weighted by Crippen LogP contribution is -2.49. The fourth-order valence-electron chi connectivity index (χ4n) is 1.33. The third-order valence-corrected chi connectivity index (χ3v) is 2.40. The van der Waals surface area contributed by atoms with E-state index < -0.39 is 16.4 Å². The average Bonchev–Trinajstić information content (AvgIpc) is 1.97. The zero-order chi connectivity index (χ0) is 13.0. The van der Waals surface area contributed by atoms with E-state index in [1.165, 1.54) is 0 Å². The van der Waals surface area contributed by atoms with Crippen molar-refractivity contribution >= 4 is 27.9 Å². The zero-order valence-electron chi connectivity index (χ0n) is 10.1. The molecule has 94 valence electrons. The number of halogens is 1. The minimum atomic E-state index is -1.13. The molecule has 0 radical (unpaired) electrons. The Labute approximate surface area is 104 Å². The van der Waals surface area contributed by atoms with Crippen LogP contribution in [0.25, 0.3) is 0 Å². The van der Waals surface area contributed by atoms with Gasteiger partial charge in [0.25, 0.3) is 0 Å². The average molecular weight is 297 g/mol. The van der Waals surface area contributed by atoms with Crippen molar-refractivity contribution in [2.24, 2.45) is 0 Å². The van der Waals surface area contributed by atoms with Gasteiger partial charge in [0.15, 0.2) is 0 Å². The van der Waals surface area contributed by atoms with Crippen molar-refractivity contribution in [2.75, 3.05) is 27.7 Å². The first-order valence-electron chi connectivity index (χ1n) is 5.01. The number of likely N-dealkylation sites (N-methyl/N-ethyl adjacent to an activating group) is 1. The highest BCUT2D eigenvalue weighted by molar-refractivity contribution is 9.10. The van der Waals surface area contributed by atoms with Gasteiger partial charge in [0, 0.05) is 6.42 Å². The second kappa shape index (κ2) is 5.63. The predicted octanol–water partition coefficient (Wildman–Crippen LogP) is 1.21. The smallest absolute Gasteiger partial charge is 0.308 e. The lowest BCUT2D eigenvalue weighted by Gasteiger charge is -2.33. The largest absolute Gasteiger partial charge is 0.481 e.